The summed E-state index contributed by atoms with van der Waals surface area (Å²) < 4.78 is 11.6. The Bertz CT molecular complexity index is 997. The number of hydrogen-bond acceptors (Lipinski definition) is 6. The molecule has 0 saturated heterocycles. The molecule has 1 atom stereocenters. The van der Waals surface area contributed by atoms with Crippen LogP contribution in [0.3, 0.4) is 0 Å². The van der Waals surface area contributed by atoms with Gasteiger partial charge >= 0.3 is 5.97 Å². The molecular weight excluding hydrogens is 388 g/mol. The van der Waals surface area contributed by atoms with Crippen LogP contribution in [-0.4, -0.2) is 35.3 Å². The molecule has 0 fully saturated rings. The second kappa shape index (κ2) is 8.65. The molecule has 6 nitrogen and oxygen atoms in total. The number of aromatic nitrogens is 2. The van der Waals surface area contributed by atoms with Crippen LogP contribution in [0.5, 0.6) is 0 Å². The first-order chi connectivity index (χ1) is 13.0. The Morgan fingerprint density at radius 3 is 2.74 bits per heavy atom. The van der Waals surface area contributed by atoms with Gasteiger partial charge in [0.1, 0.15) is 17.5 Å². The van der Waals surface area contributed by atoms with Crippen molar-refractivity contribution in [3.05, 3.63) is 51.3 Å². The first-order valence-corrected chi connectivity index (χ1v) is 9.77. The van der Waals surface area contributed by atoms with Crippen molar-refractivity contribution in [1.29, 1.82) is 0 Å². The summed E-state index contributed by atoms with van der Waals surface area (Å²) in [6.07, 6.45) is 1.39. The van der Waals surface area contributed by atoms with Gasteiger partial charge in [-0.3, -0.25) is 9.36 Å². The molecular formula is C19H19ClN2O4S. The van der Waals surface area contributed by atoms with E-state index in [9.17, 15) is 9.59 Å². The molecule has 2 heterocycles. The lowest BCUT2D eigenvalue weighted by Crippen LogP contribution is -2.30. The lowest BCUT2D eigenvalue weighted by molar-refractivity contribution is -0.148. The van der Waals surface area contributed by atoms with E-state index >= 15 is 0 Å². The van der Waals surface area contributed by atoms with Crippen molar-refractivity contribution in [2.24, 2.45) is 0 Å². The van der Waals surface area contributed by atoms with Crippen molar-refractivity contribution >= 4 is 39.1 Å². The summed E-state index contributed by atoms with van der Waals surface area (Å²) in [5.41, 5.74) is 1.37. The van der Waals surface area contributed by atoms with Crippen molar-refractivity contribution in [3.8, 4) is 11.1 Å². The molecule has 0 N–H and O–H groups in total. The van der Waals surface area contributed by atoms with Crippen LogP contribution in [0.4, 0.5) is 0 Å². The van der Waals surface area contributed by atoms with Crippen LogP contribution >= 0.6 is 22.9 Å². The van der Waals surface area contributed by atoms with E-state index < -0.39 is 12.0 Å². The summed E-state index contributed by atoms with van der Waals surface area (Å²) in [4.78, 5) is 30.3. The Labute approximate surface area is 165 Å². The third-order valence-electron chi connectivity index (χ3n) is 4.11. The Morgan fingerprint density at radius 1 is 1.30 bits per heavy atom. The maximum Gasteiger partial charge on any atom is 0.329 e. The van der Waals surface area contributed by atoms with Gasteiger partial charge in [0.25, 0.3) is 5.56 Å². The molecule has 3 aromatic rings. The van der Waals surface area contributed by atoms with Crippen molar-refractivity contribution < 1.29 is 14.3 Å². The third kappa shape index (κ3) is 4.21. The summed E-state index contributed by atoms with van der Waals surface area (Å²) in [5.74, 6) is -0.499. The number of benzene rings is 1. The Balaban J connectivity index is 1.92. The summed E-state index contributed by atoms with van der Waals surface area (Å²) in [6, 6.07) is 6.47. The molecule has 0 spiro atoms. The predicted molar refractivity (Wildman–Crippen MR) is 106 cm³/mol. The molecule has 0 aliphatic heterocycles. The summed E-state index contributed by atoms with van der Waals surface area (Å²) >= 11 is 7.33. The SMILES string of the molecule is CCOCCOC(=O)[C@H](C)n1cnc2scc(-c3ccc(Cl)cc3)c2c1=O. The van der Waals surface area contributed by atoms with Crippen molar-refractivity contribution in [3.63, 3.8) is 0 Å². The molecule has 0 aliphatic rings. The van der Waals surface area contributed by atoms with Gasteiger partial charge in [0.05, 0.1) is 18.3 Å². The van der Waals surface area contributed by atoms with E-state index in [1.54, 1.807) is 19.1 Å². The second-order valence-corrected chi connectivity index (χ2v) is 7.13. The molecule has 0 radical (unpaired) electrons. The van der Waals surface area contributed by atoms with Gasteiger partial charge in [-0.15, -0.1) is 11.3 Å². The molecule has 0 unspecified atom stereocenters. The molecule has 0 amide bonds. The van der Waals surface area contributed by atoms with Gasteiger partial charge in [-0.25, -0.2) is 9.78 Å². The molecule has 142 valence electrons. The predicted octanol–water partition coefficient (Wildman–Crippen LogP) is 3.92. The number of esters is 1. The summed E-state index contributed by atoms with van der Waals surface area (Å²) in [7, 11) is 0. The molecule has 27 heavy (non-hydrogen) atoms. The number of ether oxygens (including phenoxy) is 2. The van der Waals surface area contributed by atoms with Crippen molar-refractivity contribution in [2.45, 2.75) is 19.9 Å². The zero-order valence-electron chi connectivity index (χ0n) is 15.0. The van der Waals surface area contributed by atoms with E-state index in [0.717, 1.165) is 11.1 Å². The van der Waals surface area contributed by atoms with Crippen LogP contribution in [0.2, 0.25) is 5.02 Å². The van der Waals surface area contributed by atoms with Gasteiger partial charge in [-0.2, -0.15) is 0 Å². The minimum Gasteiger partial charge on any atom is -0.462 e. The quantitative estimate of drug-likeness (QED) is 0.439. The largest absolute Gasteiger partial charge is 0.462 e. The fourth-order valence-corrected chi connectivity index (χ4v) is 3.68. The summed E-state index contributed by atoms with van der Waals surface area (Å²) in [6.45, 7) is 4.51. The lowest BCUT2D eigenvalue weighted by Gasteiger charge is -2.14. The van der Waals surface area contributed by atoms with E-state index in [1.807, 2.05) is 24.4 Å². The van der Waals surface area contributed by atoms with E-state index in [-0.39, 0.29) is 12.2 Å². The fourth-order valence-electron chi connectivity index (χ4n) is 2.64. The van der Waals surface area contributed by atoms with Crippen LogP contribution in [0, 0.1) is 0 Å². The number of hydrogen-bond donors (Lipinski definition) is 0. The number of fused-ring (bicyclic) bond motifs is 1. The Kier molecular flexibility index (Phi) is 6.26. The zero-order valence-corrected chi connectivity index (χ0v) is 16.5. The van der Waals surface area contributed by atoms with Gasteiger partial charge in [-0.05, 0) is 31.5 Å². The molecule has 3 rings (SSSR count). The van der Waals surface area contributed by atoms with Gasteiger partial charge in [0.2, 0.25) is 0 Å². The lowest BCUT2D eigenvalue weighted by atomic mass is 10.1. The molecule has 8 heteroatoms. The highest BCUT2D eigenvalue weighted by molar-refractivity contribution is 7.17. The first-order valence-electron chi connectivity index (χ1n) is 8.51. The van der Waals surface area contributed by atoms with Crippen LogP contribution in [-0.2, 0) is 14.3 Å². The molecule has 0 aliphatic carbocycles. The van der Waals surface area contributed by atoms with Gasteiger partial charge in [-0.1, -0.05) is 23.7 Å². The van der Waals surface area contributed by atoms with Crippen molar-refractivity contribution in [1.82, 2.24) is 9.55 Å². The highest BCUT2D eigenvalue weighted by Gasteiger charge is 2.21. The van der Waals surface area contributed by atoms with Gasteiger partial charge in [0, 0.05) is 22.6 Å². The second-order valence-electron chi connectivity index (χ2n) is 5.83. The monoisotopic (exact) mass is 406 g/mol. The number of thiophene rings is 1. The maximum atomic E-state index is 13.0. The van der Waals surface area contributed by atoms with E-state index in [2.05, 4.69) is 4.98 Å². The minimum absolute atomic E-state index is 0.149. The minimum atomic E-state index is -0.783. The molecule has 1 aromatic carbocycles. The number of nitrogens with zero attached hydrogens (tertiary/aromatic N) is 2. The average molecular weight is 407 g/mol. The van der Waals surface area contributed by atoms with E-state index in [1.165, 1.54) is 22.2 Å². The topological polar surface area (TPSA) is 70.4 Å². The highest BCUT2D eigenvalue weighted by atomic mass is 35.5. The summed E-state index contributed by atoms with van der Waals surface area (Å²) in [5, 5.41) is 2.99. The Hall–Kier alpha value is -2.22. The van der Waals surface area contributed by atoms with Crippen LogP contribution in [0.15, 0.2) is 40.8 Å². The highest BCUT2D eigenvalue weighted by Crippen LogP contribution is 2.31. The first kappa shape index (κ1) is 19.5. The fraction of sp³-hybridized carbons (Fsp3) is 0.316. The van der Waals surface area contributed by atoms with Gasteiger partial charge < -0.3 is 9.47 Å². The molecule has 0 bridgehead atoms. The smallest absolute Gasteiger partial charge is 0.329 e. The standard InChI is InChI=1S/C19H19ClN2O4S/c1-3-25-8-9-26-19(24)12(2)22-11-21-17-16(18(22)23)15(10-27-17)13-4-6-14(20)7-5-13/h4-7,10-12H,3,8-9H2,1-2H3/t12-/m0/s1. The van der Waals surface area contributed by atoms with Crippen LogP contribution in [0.1, 0.15) is 19.9 Å². The maximum absolute atomic E-state index is 13.0. The molecule has 0 saturated carbocycles. The number of rotatable bonds is 7. The zero-order chi connectivity index (χ0) is 19.4. The van der Waals surface area contributed by atoms with Crippen LogP contribution < -0.4 is 5.56 Å². The van der Waals surface area contributed by atoms with E-state index in [4.69, 9.17) is 21.1 Å². The average Bonchev–Trinajstić information content (AvgIpc) is 3.10. The number of carbonyl (C=O) groups excluding carboxylic acids is 1. The number of halogens is 1. The third-order valence-corrected chi connectivity index (χ3v) is 5.25. The van der Waals surface area contributed by atoms with Crippen LogP contribution in [0.25, 0.3) is 21.3 Å². The Morgan fingerprint density at radius 2 is 2.04 bits per heavy atom. The van der Waals surface area contributed by atoms with Gasteiger partial charge in [0.15, 0.2) is 0 Å². The normalized spacial score (nSPS) is 12.3. The van der Waals surface area contributed by atoms with E-state index in [0.29, 0.717) is 28.5 Å². The number of carbonyl (C=O) groups is 1. The van der Waals surface area contributed by atoms with Crippen molar-refractivity contribution in [2.75, 3.05) is 19.8 Å². The molecule has 2 aromatic heterocycles.